The molecule has 0 aromatic heterocycles. The molecule has 7 heteroatoms. The van der Waals surface area contributed by atoms with Gasteiger partial charge in [-0.2, -0.15) is 0 Å². The first-order chi connectivity index (χ1) is 9.73. The minimum Gasteiger partial charge on any atom is -0.444 e. The number of imide groups is 1. The number of carbonyl (C=O) groups excluding carboxylic acids is 3. The van der Waals surface area contributed by atoms with Crippen LogP contribution >= 0.6 is 0 Å². The van der Waals surface area contributed by atoms with Crippen LogP contribution in [0.15, 0.2) is 0 Å². The summed E-state index contributed by atoms with van der Waals surface area (Å²) in [6, 6.07) is -0.454. The van der Waals surface area contributed by atoms with E-state index in [1.807, 2.05) is 0 Å². The fourth-order valence-corrected chi connectivity index (χ4v) is 3.01. The standard InChI is InChI=1S/C14H23N3O4/c1-13(2,3)21-12(20)15-8-9-6-4-5-7-14(9)10(18)16-11(19)17-14/h9H,4-8H2,1-3H3,(H,15,20)(H2,16,17,18,19)/t9-,14-/m0/s1. The third kappa shape index (κ3) is 3.46. The first-order valence-electron chi connectivity index (χ1n) is 7.33. The number of hydrogen-bond donors (Lipinski definition) is 3. The molecule has 7 nitrogen and oxygen atoms in total. The molecule has 0 radical (unpaired) electrons. The maximum absolute atomic E-state index is 12.1. The highest BCUT2D eigenvalue weighted by molar-refractivity contribution is 6.07. The van der Waals surface area contributed by atoms with Gasteiger partial charge in [0.05, 0.1) is 0 Å². The molecule has 0 bridgehead atoms. The van der Waals surface area contributed by atoms with Crippen molar-refractivity contribution in [2.24, 2.45) is 5.92 Å². The van der Waals surface area contributed by atoms with Crippen LogP contribution in [0.3, 0.4) is 0 Å². The lowest BCUT2D eigenvalue weighted by atomic mass is 9.72. The van der Waals surface area contributed by atoms with Crippen LogP contribution in [-0.4, -0.2) is 35.7 Å². The van der Waals surface area contributed by atoms with Gasteiger partial charge in [-0.3, -0.25) is 10.1 Å². The topological polar surface area (TPSA) is 96.5 Å². The first-order valence-corrected chi connectivity index (χ1v) is 7.33. The molecule has 4 amide bonds. The molecule has 0 aromatic carbocycles. The van der Waals surface area contributed by atoms with Crippen molar-refractivity contribution in [3.8, 4) is 0 Å². The van der Waals surface area contributed by atoms with E-state index in [0.29, 0.717) is 13.0 Å². The zero-order valence-electron chi connectivity index (χ0n) is 12.7. The van der Waals surface area contributed by atoms with Gasteiger partial charge in [0.25, 0.3) is 5.91 Å². The van der Waals surface area contributed by atoms with Gasteiger partial charge in [-0.25, -0.2) is 9.59 Å². The zero-order chi connectivity index (χ0) is 15.7. The highest BCUT2D eigenvalue weighted by atomic mass is 16.6. The average molecular weight is 297 g/mol. The summed E-state index contributed by atoms with van der Waals surface area (Å²) in [5.74, 6) is -0.409. The number of urea groups is 1. The van der Waals surface area contributed by atoms with Crippen molar-refractivity contribution in [3.05, 3.63) is 0 Å². The summed E-state index contributed by atoms with van der Waals surface area (Å²) < 4.78 is 5.19. The summed E-state index contributed by atoms with van der Waals surface area (Å²) >= 11 is 0. The van der Waals surface area contributed by atoms with Gasteiger partial charge in [0.2, 0.25) is 0 Å². The van der Waals surface area contributed by atoms with Crippen molar-refractivity contribution in [1.82, 2.24) is 16.0 Å². The van der Waals surface area contributed by atoms with Crippen LogP contribution < -0.4 is 16.0 Å². The molecular formula is C14H23N3O4. The molecule has 0 aromatic rings. The van der Waals surface area contributed by atoms with Crippen LogP contribution in [0, 0.1) is 5.92 Å². The smallest absolute Gasteiger partial charge is 0.407 e. The van der Waals surface area contributed by atoms with Gasteiger partial charge < -0.3 is 15.4 Å². The molecule has 2 rings (SSSR count). The molecule has 1 saturated heterocycles. The minimum atomic E-state index is -0.885. The minimum absolute atomic E-state index is 0.120. The Kier molecular flexibility index (Phi) is 4.11. The summed E-state index contributed by atoms with van der Waals surface area (Å²) in [5, 5.41) is 7.75. The number of ether oxygens (including phenoxy) is 1. The molecule has 1 aliphatic carbocycles. The summed E-state index contributed by atoms with van der Waals surface area (Å²) in [6.07, 6.45) is 2.74. The first kappa shape index (κ1) is 15.6. The number of alkyl carbamates (subject to hydrolysis) is 1. The van der Waals surface area contributed by atoms with Gasteiger partial charge in [-0.15, -0.1) is 0 Å². The fourth-order valence-electron chi connectivity index (χ4n) is 3.01. The van der Waals surface area contributed by atoms with Crippen molar-refractivity contribution < 1.29 is 19.1 Å². The lowest BCUT2D eigenvalue weighted by molar-refractivity contribution is -0.127. The Labute approximate surface area is 124 Å². The number of amides is 4. The summed E-state index contributed by atoms with van der Waals surface area (Å²) in [6.45, 7) is 5.68. The van der Waals surface area contributed by atoms with Gasteiger partial charge >= 0.3 is 12.1 Å². The normalized spacial score (nSPS) is 29.0. The van der Waals surface area contributed by atoms with E-state index in [0.717, 1.165) is 19.3 Å². The van der Waals surface area contributed by atoms with Crippen LogP contribution in [0.4, 0.5) is 9.59 Å². The van der Waals surface area contributed by atoms with Gasteiger partial charge in [-0.05, 0) is 33.6 Å². The van der Waals surface area contributed by atoms with E-state index < -0.39 is 23.3 Å². The Hall–Kier alpha value is -1.79. The average Bonchev–Trinajstić information content (AvgIpc) is 2.61. The van der Waals surface area contributed by atoms with E-state index in [1.165, 1.54) is 0 Å². The second-order valence-corrected chi connectivity index (χ2v) is 6.71. The fraction of sp³-hybridized carbons (Fsp3) is 0.786. The lowest BCUT2D eigenvalue weighted by Crippen LogP contribution is -2.57. The molecule has 2 atom stereocenters. The Bertz CT molecular complexity index is 458. The summed E-state index contributed by atoms with van der Waals surface area (Å²) in [4.78, 5) is 35.3. The number of rotatable bonds is 2. The van der Waals surface area contributed by atoms with Crippen LogP contribution in [0.5, 0.6) is 0 Å². The predicted molar refractivity (Wildman–Crippen MR) is 75.6 cm³/mol. The van der Waals surface area contributed by atoms with Crippen molar-refractivity contribution in [1.29, 1.82) is 0 Å². The predicted octanol–water partition coefficient (Wildman–Crippen LogP) is 1.28. The maximum atomic E-state index is 12.1. The van der Waals surface area contributed by atoms with Crippen molar-refractivity contribution in [2.75, 3.05) is 6.54 Å². The molecule has 2 aliphatic rings. The Balaban J connectivity index is 1.99. The monoisotopic (exact) mass is 297 g/mol. The molecule has 118 valence electrons. The number of nitrogens with one attached hydrogen (secondary N) is 3. The quantitative estimate of drug-likeness (QED) is 0.669. The number of hydrogen-bond acceptors (Lipinski definition) is 4. The van der Waals surface area contributed by atoms with E-state index >= 15 is 0 Å². The Morgan fingerprint density at radius 1 is 1.38 bits per heavy atom. The Morgan fingerprint density at radius 2 is 2.10 bits per heavy atom. The number of carbonyl (C=O) groups is 3. The molecule has 1 aliphatic heterocycles. The largest absolute Gasteiger partial charge is 0.444 e. The molecule has 21 heavy (non-hydrogen) atoms. The van der Waals surface area contributed by atoms with Gasteiger partial charge in [0.1, 0.15) is 11.1 Å². The third-order valence-electron chi connectivity index (χ3n) is 3.93. The van der Waals surface area contributed by atoms with E-state index in [-0.39, 0.29) is 11.8 Å². The van der Waals surface area contributed by atoms with E-state index in [2.05, 4.69) is 16.0 Å². The van der Waals surface area contributed by atoms with E-state index in [9.17, 15) is 14.4 Å². The van der Waals surface area contributed by atoms with Gasteiger partial charge in [0.15, 0.2) is 0 Å². The second-order valence-electron chi connectivity index (χ2n) is 6.71. The second kappa shape index (κ2) is 5.54. The molecular weight excluding hydrogens is 274 g/mol. The summed E-state index contributed by atoms with van der Waals surface area (Å²) in [5.41, 5.74) is -1.45. The Morgan fingerprint density at radius 3 is 2.67 bits per heavy atom. The lowest BCUT2D eigenvalue weighted by Gasteiger charge is -2.38. The highest BCUT2D eigenvalue weighted by Crippen LogP contribution is 2.35. The van der Waals surface area contributed by atoms with Crippen molar-refractivity contribution in [3.63, 3.8) is 0 Å². The van der Waals surface area contributed by atoms with Crippen LogP contribution in [0.2, 0.25) is 0 Å². The molecule has 3 N–H and O–H groups in total. The van der Waals surface area contributed by atoms with Crippen molar-refractivity contribution >= 4 is 18.0 Å². The summed E-state index contributed by atoms with van der Waals surface area (Å²) in [7, 11) is 0. The molecule has 1 saturated carbocycles. The van der Waals surface area contributed by atoms with Gasteiger partial charge in [0, 0.05) is 12.5 Å². The molecule has 1 spiro atoms. The highest BCUT2D eigenvalue weighted by Gasteiger charge is 2.52. The third-order valence-corrected chi connectivity index (χ3v) is 3.93. The maximum Gasteiger partial charge on any atom is 0.407 e. The van der Waals surface area contributed by atoms with Crippen LogP contribution in [0.25, 0.3) is 0 Å². The van der Waals surface area contributed by atoms with Gasteiger partial charge in [-0.1, -0.05) is 12.8 Å². The molecule has 2 fully saturated rings. The molecule has 1 heterocycles. The SMILES string of the molecule is CC(C)(C)OC(=O)NC[C@@H]1CCCC[C@]12NC(=O)NC2=O. The van der Waals surface area contributed by atoms with Crippen LogP contribution in [0.1, 0.15) is 46.5 Å². The van der Waals surface area contributed by atoms with E-state index in [1.54, 1.807) is 20.8 Å². The van der Waals surface area contributed by atoms with E-state index in [4.69, 9.17) is 4.74 Å². The zero-order valence-corrected chi connectivity index (χ0v) is 12.7. The van der Waals surface area contributed by atoms with Crippen LogP contribution in [-0.2, 0) is 9.53 Å². The van der Waals surface area contributed by atoms with Crippen molar-refractivity contribution in [2.45, 2.75) is 57.6 Å². The molecule has 0 unspecified atom stereocenters.